The van der Waals surface area contributed by atoms with E-state index < -0.39 is 52.2 Å². The number of alkyl halides is 1. The first kappa shape index (κ1) is 42.7. The molecule has 0 aliphatic carbocycles. The van der Waals surface area contributed by atoms with Crippen LogP contribution < -0.4 is 29.6 Å². The first-order valence-electron chi connectivity index (χ1n) is 11.8. The summed E-state index contributed by atoms with van der Waals surface area (Å²) in [6, 6.07) is 0. The molecule has 0 aliphatic heterocycles. The van der Waals surface area contributed by atoms with Gasteiger partial charge in [0, 0.05) is 0 Å². The Bertz CT molecular complexity index is 618. The fourth-order valence-corrected chi connectivity index (χ4v) is 2.05. The molecule has 0 unspecified atom stereocenters. The van der Waals surface area contributed by atoms with Gasteiger partial charge in [-0.1, -0.05) is 36.4 Å². The number of hydrogen-bond acceptors (Lipinski definition) is 8. The van der Waals surface area contributed by atoms with Gasteiger partial charge in [-0.25, -0.2) is 0 Å². The van der Waals surface area contributed by atoms with Crippen LogP contribution in [0.1, 0.15) is 111 Å². The summed E-state index contributed by atoms with van der Waals surface area (Å²) in [5.74, 6) is -2.99. The maximum absolute atomic E-state index is 11.8. The minimum absolute atomic E-state index is 0. The number of esters is 4. The van der Waals surface area contributed by atoms with Crippen LogP contribution in [0.25, 0.3) is 0 Å². The van der Waals surface area contributed by atoms with Crippen LogP contribution in [0.5, 0.6) is 0 Å². The van der Waals surface area contributed by atoms with Crippen LogP contribution in [0.2, 0.25) is 0 Å². The second kappa shape index (κ2) is 18.8. The molecule has 0 saturated heterocycles. The Kier molecular flexibility index (Phi) is 22.3. The number of halogens is 1. The zero-order valence-electron chi connectivity index (χ0n) is 26.3. The molecule has 0 bridgehead atoms. The van der Waals surface area contributed by atoms with E-state index in [2.05, 4.69) is 29.5 Å². The molecule has 0 aromatic heterocycles. The average Bonchev–Trinajstić information content (AvgIpc) is 2.48. The first-order chi connectivity index (χ1) is 15.4. The Labute approximate surface area is 256 Å². The van der Waals surface area contributed by atoms with Crippen LogP contribution in [0.3, 0.4) is 0 Å². The van der Waals surface area contributed by atoms with Gasteiger partial charge in [-0.2, -0.15) is 0 Å². The third-order valence-electron chi connectivity index (χ3n) is 2.92. The van der Waals surface area contributed by atoms with Crippen molar-refractivity contribution in [1.29, 1.82) is 0 Å². The standard InChI is InChI=1S/C13H24O4.C11H20O4.C2H5I.Na.H/c1-8-9(10(14)16-12(2,3)4)11(15)17-13(5,6)7;1-10(2,3)14-8(12)7-9(13)15-11(4,5)6;1-2-3;;/h9H,8H2,1-7H3;7H2,1-6H3;2H2,1H3;;/q;;;+1;-1. The number of carbonyl (C=O) groups is 4. The normalized spacial score (nSPS) is 11.4. The summed E-state index contributed by atoms with van der Waals surface area (Å²) in [6.07, 6.45) is 0.0400. The van der Waals surface area contributed by atoms with Crippen molar-refractivity contribution in [3.05, 3.63) is 0 Å². The van der Waals surface area contributed by atoms with Gasteiger partial charge < -0.3 is 20.4 Å². The zero-order valence-corrected chi connectivity index (χ0v) is 29.5. The van der Waals surface area contributed by atoms with Crippen LogP contribution in [-0.4, -0.2) is 50.7 Å². The van der Waals surface area contributed by atoms with Crippen molar-refractivity contribution in [3.8, 4) is 0 Å². The smallest absolute Gasteiger partial charge is 1.00 e. The predicted octanol–water partition coefficient (Wildman–Crippen LogP) is 3.31. The molecule has 0 heterocycles. The molecular weight excluding hydrogens is 590 g/mol. The summed E-state index contributed by atoms with van der Waals surface area (Å²) in [5, 5.41) is 0. The summed E-state index contributed by atoms with van der Waals surface area (Å²) >= 11 is 2.29. The molecule has 0 amide bonds. The van der Waals surface area contributed by atoms with E-state index in [4.69, 9.17) is 18.9 Å². The summed E-state index contributed by atoms with van der Waals surface area (Å²) in [7, 11) is 0. The number of hydrogen-bond donors (Lipinski definition) is 0. The predicted molar refractivity (Wildman–Crippen MR) is 147 cm³/mol. The Hall–Kier alpha value is -0.390. The molecule has 0 atom stereocenters. The van der Waals surface area contributed by atoms with Crippen molar-refractivity contribution in [2.24, 2.45) is 5.92 Å². The zero-order chi connectivity index (χ0) is 28.8. The average molecular weight is 641 g/mol. The van der Waals surface area contributed by atoms with Crippen LogP contribution in [-0.2, 0) is 38.1 Å². The van der Waals surface area contributed by atoms with E-state index >= 15 is 0 Å². The van der Waals surface area contributed by atoms with Gasteiger partial charge in [-0.3, -0.25) is 19.2 Å². The van der Waals surface area contributed by atoms with Gasteiger partial charge in [-0.05, 0) is 93.9 Å². The van der Waals surface area contributed by atoms with Gasteiger partial charge in [-0.15, -0.1) is 0 Å². The fourth-order valence-electron chi connectivity index (χ4n) is 2.05. The van der Waals surface area contributed by atoms with Crippen LogP contribution in [0.15, 0.2) is 0 Å². The summed E-state index contributed by atoms with van der Waals surface area (Å²) in [5.41, 5.74) is -2.32. The molecule has 0 fully saturated rings. The molecule has 210 valence electrons. The summed E-state index contributed by atoms with van der Waals surface area (Å²) < 4.78 is 21.6. The molecule has 0 spiro atoms. The molecular formula is C26H50INaO8. The van der Waals surface area contributed by atoms with Gasteiger partial charge in [0.15, 0.2) is 5.92 Å². The molecule has 0 N–H and O–H groups in total. The summed E-state index contributed by atoms with van der Waals surface area (Å²) in [4.78, 5) is 46.1. The van der Waals surface area contributed by atoms with E-state index in [9.17, 15) is 19.2 Å². The molecule has 36 heavy (non-hydrogen) atoms. The maximum atomic E-state index is 11.8. The van der Waals surface area contributed by atoms with E-state index in [1.54, 1.807) is 90.0 Å². The van der Waals surface area contributed by atoms with Crippen molar-refractivity contribution >= 4 is 46.5 Å². The molecule has 0 aliphatic rings. The first-order valence-corrected chi connectivity index (χ1v) is 13.3. The van der Waals surface area contributed by atoms with Crippen molar-refractivity contribution in [1.82, 2.24) is 0 Å². The second-order valence-corrected chi connectivity index (χ2v) is 13.2. The van der Waals surface area contributed by atoms with Gasteiger partial charge >= 0.3 is 53.4 Å². The summed E-state index contributed by atoms with van der Waals surface area (Å²) in [6.45, 7) is 25.0. The quantitative estimate of drug-likeness (QED) is 0.113. The van der Waals surface area contributed by atoms with Gasteiger partial charge in [0.05, 0.1) is 0 Å². The number of carbonyl (C=O) groups excluding carboxylic acids is 4. The van der Waals surface area contributed by atoms with Crippen molar-refractivity contribution < 1.29 is 69.1 Å². The Morgan fingerprint density at radius 3 is 1.00 bits per heavy atom. The van der Waals surface area contributed by atoms with Gasteiger partial charge in [0.25, 0.3) is 0 Å². The second-order valence-electron chi connectivity index (χ2n) is 11.6. The van der Waals surface area contributed by atoms with Crippen molar-refractivity contribution in [2.45, 2.75) is 132 Å². The minimum atomic E-state index is -0.839. The van der Waals surface area contributed by atoms with Crippen LogP contribution in [0, 0.1) is 5.92 Å². The topological polar surface area (TPSA) is 105 Å². The van der Waals surface area contributed by atoms with Gasteiger partial charge in [0.1, 0.15) is 28.8 Å². The monoisotopic (exact) mass is 640 g/mol. The number of ether oxygens (including phenoxy) is 4. The maximum Gasteiger partial charge on any atom is 1.00 e. The van der Waals surface area contributed by atoms with Crippen molar-refractivity contribution in [2.75, 3.05) is 4.43 Å². The molecule has 8 nitrogen and oxygen atoms in total. The Morgan fingerprint density at radius 2 is 0.833 bits per heavy atom. The largest absolute Gasteiger partial charge is 1.00 e. The van der Waals surface area contributed by atoms with E-state index in [1.165, 1.54) is 4.43 Å². The molecule has 10 heteroatoms. The Morgan fingerprint density at radius 1 is 0.611 bits per heavy atom. The van der Waals surface area contributed by atoms with E-state index in [0.29, 0.717) is 6.42 Å². The van der Waals surface area contributed by atoms with E-state index in [1.807, 2.05) is 0 Å². The molecule has 0 aromatic carbocycles. The van der Waals surface area contributed by atoms with Crippen LogP contribution >= 0.6 is 22.6 Å². The van der Waals surface area contributed by atoms with Gasteiger partial charge in [0.2, 0.25) is 0 Å². The molecule has 0 saturated carbocycles. The molecule has 0 aromatic rings. The molecule has 0 radical (unpaired) electrons. The minimum Gasteiger partial charge on any atom is -1.00 e. The third-order valence-corrected chi connectivity index (χ3v) is 2.92. The van der Waals surface area contributed by atoms with Crippen LogP contribution in [0.4, 0.5) is 0 Å². The SMILES string of the molecule is CC(C)(C)OC(=O)CC(=O)OC(C)(C)C.CCC(C(=O)OC(C)(C)C)C(=O)OC(C)(C)C.CCI.[H-].[Na+]. The van der Waals surface area contributed by atoms with E-state index in [0.717, 1.165) is 0 Å². The Balaban J connectivity index is -0.000000159. The molecule has 0 rings (SSSR count). The van der Waals surface area contributed by atoms with Crippen molar-refractivity contribution in [3.63, 3.8) is 0 Å². The fraction of sp³-hybridized carbons (Fsp3) is 0.846. The third kappa shape index (κ3) is 31.6. The number of rotatable bonds is 5. The van der Waals surface area contributed by atoms with E-state index in [-0.39, 0.29) is 37.4 Å².